The highest BCUT2D eigenvalue weighted by Gasteiger charge is 2.06. The Hall–Kier alpha value is -3.27. The van der Waals surface area contributed by atoms with Gasteiger partial charge in [0.05, 0.1) is 13.0 Å². The van der Waals surface area contributed by atoms with Gasteiger partial charge in [0, 0.05) is 12.6 Å². The van der Waals surface area contributed by atoms with Crippen molar-refractivity contribution in [2.24, 2.45) is 0 Å². The van der Waals surface area contributed by atoms with Crippen LogP contribution in [0.2, 0.25) is 0 Å². The van der Waals surface area contributed by atoms with Crippen LogP contribution in [0.1, 0.15) is 30.9 Å². The smallest absolute Gasteiger partial charge is 0.224 e. The van der Waals surface area contributed by atoms with E-state index in [1.807, 2.05) is 48.5 Å². The molecule has 0 heterocycles. The van der Waals surface area contributed by atoms with Gasteiger partial charge < -0.3 is 15.2 Å². The first-order chi connectivity index (χ1) is 14.1. The third-order valence-corrected chi connectivity index (χ3v) is 4.63. The third-order valence-electron chi connectivity index (χ3n) is 4.63. The Morgan fingerprint density at radius 1 is 0.931 bits per heavy atom. The standard InChI is InChI=1S/C25H27NO3/c1-2-3-13-29-24-15-20(14-23(27)17-24)18-26-25(28)16-19-9-11-22(12-10-19)21-7-5-4-6-8-21/h4-12,14-15,17,27H,2-3,13,16,18H2,1H3,(H,26,28). The SMILES string of the molecule is CCCCOc1cc(O)cc(CNC(=O)Cc2ccc(-c3ccccc3)cc2)c1. The van der Waals surface area contributed by atoms with Gasteiger partial charge in [0.15, 0.2) is 0 Å². The fraction of sp³-hybridized carbons (Fsp3) is 0.240. The van der Waals surface area contributed by atoms with E-state index in [4.69, 9.17) is 4.74 Å². The molecule has 29 heavy (non-hydrogen) atoms. The molecule has 1 amide bonds. The molecule has 0 radical (unpaired) electrons. The Bertz CT molecular complexity index is 921. The fourth-order valence-electron chi connectivity index (χ4n) is 3.06. The number of phenolic OH excluding ortho intramolecular Hbond substituents is 1. The number of aromatic hydroxyl groups is 1. The Balaban J connectivity index is 1.53. The quantitative estimate of drug-likeness (QED) is 0.501. The molecular formula is C25H27NO3. The number of carbonyl (C=O) groups excluding carboxylic acids is 1. The number of amides is 1. The normalized spacial score (nSPS) is 10.5. The number of hydrogen-bond donors (Lipinski definition) is 2. The lowest BCUT2D eigenvalue weighted by Crippen LogP contribution is -2.24. The minimum absolute atomic E-state index is 0.0609. The second-order valence-corrected chi connectivity index (χ2v) is 7.05. The number of ether oxygens (including phenoxy) is 1. The minimum atomic E-state index is -0.0609. The van der Waals surface area contributed by atoms with Crippen LogP contribution >= 0.6 is 0 Å². The van der Waals surface area contributed by atoms with E-state index in [0.29, 0.717) is 25.3 Å². The van der Waals surface area contributed by atoms with Gasteiger partial charge in [-0.2, -0.15) is 0 Å². The monoisotopic (exact) mass is 389 g/mol. The molecule has 3 aromatic carbocycles. The van der Waals surface area contributed by atoms with Crippen LogP contribution < -0.4 is 10.1 Å². The first-order valence-electron chi connectivity index (χ1n) is 10.0. The van der Waals surface area contributed by atoms with Gasteiger partial charge in [-0.05, 0) is 40.8 Å². The molecule has 4 nitrogen and oxygen atoms in total. The molecule has 0 atom stereocenters. The third kappa shape index (κ3) is 6.39. The summed E-state index contributed by atoms with van der Waals surface area (Å²) in [5.74, 6) is 0.702. The number of benzene rings is 3. The first-order valence-corrected chi connectivity index (χ1v) is 10.0. The number of unbranched alkanes of at least 4 members (excludes halogenated alkanes) is 1. The maximum atomic E-state index is 12.3. The van der Waals surface area contributed by atoms with Gasteiger partial charge in [-0.1, -0.05) is 67.9 Å². The minimum Gasteiger partial charge on any atom is -0.508 e. The largest absolute Gasteiger partial charge is 0.508 e. The molecule has 0 aliphatic carbocycles. The average molecular weight is 389 g/mol. The van der Waals surface area contributed by atoms with Crippen molar-refractivity contribution in [2.45, 2.75) is 32.7 Å². The number of carbonyl (C=O) groups is 1. The topological polar surface area (TPSA) is 58.6 Å². The molecule has 0 spiro atoms. The van der Waals surface area contributed by atoms with Gasteiger partial charge in [0.1, 0.15) is 11.5 Å². The summed E-state index contributed by atoms with van der Waals surface area (Å²) >= 11 is 0. The number of nitrogens with one attached hydrogen (secondary N) is 1. The lowest BCUT2D eigenvalue weighted by Gasteiger charge is -2.10. The van der Waals surface area contributed by atoms with Crippen LogP contribution in [0.5, 0.6) is 11.5 Å². The number of rotatable bonds is 9. The predicted octanol–water partition coefficient (Wildman–Crippen LogP) is 5.10. The van der Waals surface area contributed by atoms with Crippen molar-refractivity contribution in [3.8, 4) is 22.6 Å². The van der Waals surface area contributed by atoms with Crippen LogP contribution in [-0.4, -0.2) is 17.6 Å². The zero-order valence-corrected chi connectivity index (χ0v) is 16.7. The molecule has 0 fully saturated rings. The van der Waals surface area contributed by atoms with E-state index in [0.717, 1.165) is 35.1 Å². The predicted molar refractivity (Wildman–Crippen MR) is 116 cm³/mol. The molecule has 3 aromatic rings. The zero-order chi connectivity index (χ0) is 20.5. The van der Waals surface area contributed by atoms with Gasteiger partial charge in [-0.25, -0.2) is 0 Å². The molecular weight excluding hydrogens is 362 g/mol. The van der Waals surface area contributed by atoms with Crippen LogP contribution in [-0.2, 0) is 17.8 Å². The highest BCUT2D eigenvalue weighted by molar-refractivity contribution is 5.79. The van der Waals surface area contributed by atoms with Gasteiger partial charge in [-0.15, -0.1) is 0 Å². The number of hydrogen-bond acceptors (Lipinski definition) is 3. The van der Waals surface area contributed by atoms with Crippen LogP contribution in [0, 0.1) is 0 Å². The maximum absolute atomic E-state index is 12.3. The van der Waals surface area contributed by atoms with Gasteiger partial charge in [0.2, 0.25) is 5.91 Å². The van der Waals surface area contributed by atoms with E-state index >= 15 is 0 Å². The lowest BCUT2D eigenvalue weighted by atomic mass is 10.0. The van der Waals surface area contributed by atoms with E-state index in [1.165, 1.54) is 0 Å². The summed E-state index contributed by atoms with van der Waals surface area (Å²) in [6.07, 6.45) is 2.33. The van der Waals surface area contributed by atoms with Gasteiger partial charge in [-0.3, -0.25) is 4.79 Å². The molecule has 4 heteroatoms. The summed E-state index contributed by atoms with van der Waals surface area (Å²) in [6.45, 7) is 3.06. The maximum Gasteiger partial charge on any atom is 0.224 e. The summed E-state index contributed by atoms with van der Waals surface area (Å²) in [5.41, 5.74) is 4.06. The molecule has 2 N–H and O–H groups in total. The Labute approximate surface area is 172 Å². The van der Waals surface area contributed by atoms with Crippen LogP contribution in [0.3, 0.4) is 0 Å². The molecule has 0 unspecified atom stereocenters. The summed E-state index contributed by atoms with van der Waals surface area (Å²) in [5, 5.41) is 12.8. The van der Waals surface area contributed by atoms with Crippen molar-refractivity contribution >= 4 is 5.91 Å². The van der Waals surface area contributed by atoms with Crippen LogP contribution in [0.25, 0.3) is 11.1 Å². The average Bonchev–Trinajstić information content (AvgIpc) is 2.73. The van der Waals surface area contributed by atoms with Crippen molar-refractivity contribution in [3.05, 3.63) is 83.9 Å². The molecule has 0 aliphatic rings. The second-order valence-electron chi connectivity index (χ2n) is 7.05. The Morgan fingerprint density at radius 3 is 2.38 bits per heavy atom. The fourth-order valence-corrected chi connectivity index (χ4v) is 3.06. The number of phenols is 1. The van der Waals surface area contributed by atoms with Crippen molar-refractivity contribution < 1.29 is 14.6 Å². The molecule has 3 rings (SSSR count). The van der Waals surface area contributed by atoms with Gasteiger partial charge >= 0.3 is 0 Å². The second kappa shape index (κ2) is 10.3. The molecule has 0 aliphatic heterocycles. The van der Waals surface area contributed by atoms with E-state index in [9.17, 15) is 9.90 Å². The molecule has 0 saturated heterocycles. The first kappa shape index (κ1) is 20.5. The Morgan fingerprint density at radius 2 is 1.66 bits per heavy atom. The van der Waals surface area contributed by atoms with Crippen molar-refractivity contribution in [2.75, 3.05) is 6.61 Å². The van der Waals surface area contributed by atoms with Gasteiger partial charge in [0.25, 0.3) is 0 Å². The molecule has 0 saturated carbocycles. The summed E-state index contributed by atoms with van der Waals surface area (Å²) in [6, 6.07) is 23.3. The van der Waals surface area contributed by atoms with Crippen molar-refractivity contribution in [1.82, 2.24) is 5.32 Å². The van der Waals surface area contributed by atoms with E-state index in [2.05, 4.69) is 24.4 Å². The highest BCUT2D eigenvalue weighted by Crippen LogP contribution is 2.22. The summed E-state index contributed by atoms with van der Waals surface area (Å²) in [7, 11) is 0. The Kier molecular flexibility index (Phi) is 7.28. The highest BCUT2D eigenvalue weighted by atomic mass is 16.5. The van der Waals surface area contributed by atoms with Crippen LogP contribution in [0.15, 0.2) is 72.8 Å². The van der Waals surface area contributed by atoms with Crippen molar-refractivity contribution in [3.63, 3.8) is 0 Å². The zero-order valence-electron chi connectivity index (χ0n) is 16.7. The van der Waals surface area contributed by atoms with Crippen LogP contribution in [0.4, 0.5) is 0 Å². The van der Waals surface area contributed by atoms with E-state index in [-0.39, 0.29) is 11.7 Å². The van der Waals surface area contributed by atoms with E-state index in [1.54, 1.807) is 12.1 Å². The lowest BCUT2D eigenvalue weighted by molar-refractivity contribution is -0.120. The molecule has 150 valence electrons. The van der Waals surface area contributed by atoms with E-state index < -0.39 is 0 Å². The van der Waals surface area contributed by atoms with Crippen molar-refractivity contribution in [1.29, 1.82) is 0 Å². The molecule has 0 aromatic heterocycles. The summed E-state index contributed by atoms with van der Waals surface area (Å²) in [4.78, 5) is 12.3. The summed E-state index contributed by atoms with van der Waals surface area (Å²) < 4.78 is 5.65. The molecule has 0 bridgehead atoms.